The van der Waals surface area contributed by atoms with Crippen LogP contribution in [0.15, 0.2) is 48.5 Å². The first-order chi connectivity index (χ1) is 16.5. The summed E-state index contributed by atoms with van der Waals surface area (Å²) < 4.78 is 34.3. The third kappa shape index (κ3) is 8.48. The van der Waals surface area contributed by atoms with Crippen molar-refractivity contribution in [2.45, 2.75) is 109 Å². The van der Waals surface area contributed by atoms with E-state index >= 15 is 0 Å². The SMILES string of the molecule is CCCCCc1ccc(CCOC(F)(F)c2ccc([C@H]3CC[C@H](CCCCC)CC3)cc2)cc1. The molecule has 0 bridgehead atoms. The van der Waals surface area contributed by atoms with Crippen molar-refractivity contribution >= 4 is 0 Å². The van der Waals surface area contributed by atoms with Gasteiger partial charge in [0.05, 0.1) is 12.2 Å². The van der Waals surface area contributed by atoms with Gasteiger partial charge in [0.15, 0.2) is 0 Å². The molecule has 1 aliphatic carbocycles. The zero-order valence-electron chi connectivity index (χ0n) is 21.3. The first kappa shape index (κ1) is 26.9. The maximum atomic E-state index is 14.6. The number of aryl methyl sites for hydroxylation is 1. The largest absolute Gasteiger partial charge is 0.383 e. The van der Waals surface area contributed by atoms with Crippen LogP contribution in [0.2, 0.25) is 0 Å². The minimum Gasteiger partial charge on any atom is -0.316 e. The molecule has 0 amide bonds. The number of benzene rings is 2. The molecule has 2 aromatic rings. The predicted octanol–water partition coefficient (Wildman–Crippen LogP) is 9.58. The summed E-state index contributed by atoms with van der Waals surface area (Å²) in [6.45, 7) is 4.46. The lowest BCUT2D eigenvalue weighted by molar-refractivity contribution is -0.248. The number of unbranched alkanes of at least 4 members (excludes halogenated alkanes) is 4. The molecule has 0 N–H and O–H groups in total. The van der Waals surface area contributed by atoms with Crippen molar-refractivity contribution in [3.05, 3.63) is 70.8 Å². The molecule has 0 heterocycles. The lowest BCUT2D eigenvalue weighted by atomic mass is 9.77. The third-order valence-corrected chi connectivity index (χ3v) is 7.55. The van der Waals surface area contributed by atoms with E-state index in [-0.39, 0.29) is 12.2 Å². The second kappa shape index (κ2) is 14.0. The van der Waals surface area contributed by atoms with Crippen molar-refractivity contribution in [2.24, 2.45) is 5.92 Å². The molecule has 188 valence electrons. The predicted molar refractivity (Wildman–Crippen MR) is 139 cm³/mol. The molecule has 1 fully saturated rings. The third-order valence-electron chi connectivity index (χ3n) is 7.55. The van der Waals surface area contributed by atoms with Crippen LogP contribution in [0, 0.1) is 5.92 Å². The van der Waals surface area contributed by atoms with Crippen molar-refractivity contribution in [3.63, 3.8) is 0 Å². The van der Waals surface area contributed by atoms with Crippen LogP contribution in [0.4, 0.5) is 8.78 Å². The molecule has 0 spiro atoms. The van der Waals surface area contributed by atoms with Crippen LogP contribution in [-0.2, 0) is 23.7 Å². The molecule has 0 radical (unpaired) electrons. The van der Waals surface area contributed by atoms with Gasteiger partial charge in [-0.25, -0.2) is 0 Å². The second-order valence-electron chi connectivity index (χ2n) is 10.2. The molecule has 0 atom stereocenters. The Balaban J connectivity index is 1.43. The van der Waals surface area contributed by atoms with Crippen molar-refractivity contribution in [1.82, 2.24) is 0 Å². The van der Waals surface area contributed by atoms with Crippen LogP contribution < -0.4 is 0 Å². The van der Waals surface area contributed by atoms with Crippen LogP contribution in [0.5, 0.6) is 0 Å². The number of ether oxygens (including phenoxy) is 1. The Bertz CT molecular complexity index is 804. The Morgan fingerprint density at radius 2 is 1.32 bits per heavy atom. The van der Waals surface area contributed by atoms with E-state index in [2.05, 4.69) is 26.0 Å². The lowest BCUT2D eigenvalue weighted by Gasteiger charge is -2.29. The summed E-state index contributed by atoms with van der Waals surface area (Å²) in [7, 11) is 0. The molecule has 1 nitrogen and oxygen atoms in total. The molecular formula is C31H44F2O. The average molecular weight is 471 g/mol. The molecule has 0 aromatic heterocycles. The molecule has 2 aromatic carbocycles. The fourth-order valence-electron chi connectivity index (χ4n) is 5.25. The normalized spacial score (nSPS) is 18.8. The van der Waals surface area contributed by atoms with E-state index in [0.29, 0.717) is 12.3 Å². The van der Waals surface area contributed by atoms with Gasteiger partial charge in [0.1, 0.15) is 0 Å². The van der Waals surface area contributed by atoms with Crippen LogP contribution in [0.3, 0.4) is 0 Å². The van der Waals surface area contributed by atoms with E-state index in [9.17, 15) is 8.78 Å². The Morgan fingerprint density at radius 3 is 1.94 bits per heavy atom. The van der Waals surface area contributed by atoms with E-state index in [1.54, 1.807) is 12.1 Å². The van der Waals surface area contributed by atoms with Gasteiger partial charge >= 0.3 is 6.11 Å². The maximum Gasteiger partial charge on any atom is 0.383 e. The summed E-state index contributed by atoms with van der Waals surface area (Å²) >= 11 is 0. The lowest BCUT2D eigenvalue weighted by Crippen LogP contribution is -2.20. The molecule has 1 aliphatic rings. The van der Waals surface area contributed by atoms with E-state index in [4.69, 9.17) is 4.74 Å². The highest BCUT2D eigenvalue weighted by atomic mass is 19.3. The highest BCUT2D eigenvalue weighted by Gasteiger charge is 2.33. The standard InChI is InChI=1S/C31H44F2O/c1-3-5-7-9-25-11-13-27(14-12-25)23-24-34-31(32,33)30-21-19-29(20-22-30)28-17-15-26(16-18-28)10-8-6-4-2/h11-14,19-22,26,28H,3-10,15-18,23-24H2,1-2H3/t26-,28-. The van der Waals surface area contributed by atoms with Crippen LogP contribution in [-0.4, -0.2) is 6.61 Å². The Hall–Kier alpha value is -1.74. The summed E-state index contributed by atoms with van der Waals surface area (Å²) in [6, 6.07) is 15.2. The summed E-state index contributed by atoms with van der Waals surface area (Å²) in [4.78, 5) is 0. The minimum atomic E-state index is -3.25. The van der Waals surface area contributed by atoms with Crippen LogP contribution in [0.25, 0.3) is 0 Å². The highest BCUT2D eigenvalue weighted by Crippen LogP contribution is 2.39. The Morgan fingerprint density at radius 1 is 0.735 bits per heavy atom. The van der Waals surface area contributed by atoms with Crippen molar-refractivity contribution in [3.8, 4) is 0 Å². The summed E-state index contributed by atoms with van der Waals surface area (Å²) in [6.07, 6.45) is 12.2. The number of alkyl halides is 2. The molecule has 3 heteroatoms. The number of hydrogen-bond acceptors (Lipinski definition) is 1. The molecule has 0 aliphatic heterocycles. The highest BCUT2D eigenvalue weighted by molar-refractivity contribution is 5.28. The minimum absolute atomic E-state index is 0.00593. The molecular weight excluding hydrogens is 426 g/mol. The van der Waals surface area contributed by atoms with Gasteiger partial charge in [0.2, 0.25) is 0 Å². The molecule has 3 rings (SSSR count). The monoisotopic (exact) mass is 470 g/mol. The second-order valence-corrected chi connectivity index (χ2v) is 10.2. The summed E-state index contributed by atoms with van der Waals surface area (Å²) in [5.74, 6) is 1.37. The van der Waals surface area contributed by atoms with Gasteiger partial charge in [-0.2, -0.15) is 8.78 Å². The van der Waals surface area contributed by atoms with Gasteiger partial charge < -0.3 is 4.74 Å². The molecule has 1 saturated carbocycles. The summed E-state index contributed by atoms with van der Waals surface area (Å²) in [5, 5.41) is 0. The average Bonchev–Trinajstić information content (AvgIpc) is 2.86. The fourth-order valence-corrected chi connectivity index (χ4v) is 5.25. The van der Waals surface area contributed by atoms with Crippen molar-refractivity contribution in [2.75, 3.05) is 6.61 Å². The van der Waals surface area contributed by atoms with E-state index in [0.717, 1.165) is 17.9 Å². The number of rotatable bonds is 14. The first-order valence-electron chi connectivity index (χ1n) is 13.7. The fraction of sp³-hybridized carbons (Fsp3) is 0.613. The van der Waals surface area contributed by atoms with Crippen LogP contribution in [0.1, 0.15) is 113 Å². The Labute approximate surface area is 206 Å². The van der Waals surface area contributed by atoms with Gasteiger partial charge in [-0.05, 0) is 73.5 Å². The topological polar surface area (TPSA) is 9.23 Å². The molecule has 0 unspecified atom stereocenters. The molecule has 0 saturated heterocycles. The van der Waals surface area contributed by atoms with Gasteiger partial charge in [-0.3, -0.25) is 0 Å². The zero-order valence-corrected chi connectivity index (χ0v) is 21.3. The number of halogens is 2. The van der Waals surface area contributed by atoms with E-state index in [1.165, 1.54) is 81.8 Å². The van der Waals surface area contributed by atoms with Crippen molar-refractivity contribution in [1.29, 1.82) is 0 Å². The van der Waals surface area contributed by atoms with E-state index in [1.807, 2.05) is 24.3 Å². The smallest absolute Gasteiger partial charge is 0.316 e. The van der Waals surface area contributed by atoms with Crippen molar-refractivity contribution < 1.29 is 13.5 Å². The first-order valence-corrected chi connectivity index (χ1v) is 13.7. The number of hydrogen-bond donors (Lipinski definition) is 0. The van der Waals surface area contributed by atoms with E-state index < -0.39 is 6.11 Å². The van der Waals surface area contributed by atoms with Gasteiger partial charge in [0, 0.05) is 0 Å². The zero-order chi connectivity index (χ0) is 24.2. The van der Waals surface area contributed by atoms with Gasteiger partial charge in [-0.15, -0.1) is 0 Å². The van der Waals surface area contributed by atoms with Crippen LogP contribution >= 0.6 is 0 Å². The molecule has 34 heavy (non-hydrogen) atoms. The quantitative estimate of drug-likeness (QED) is 0.250. The van der Waals surface area contributed by atoms with Gasteiger partial charge in [0.25, 0.3) is 0 Å². The summed E-state index contributed by atoms with van der Waals surface area (Å²) in [5.41, 5.74) is 3.51. The Kier molecular flexibility index (Phi) is 11.0. The maximum absolute atomic E-state index is 14.6. The van der Waals surface area contributed by atoms with Gasteiger partial charge in [-0.1, -0.05) is 101 Å².